The molecule has 1 N–H and O–H groups in total. The minimum atomic E-state index is -0.241. The number of carbonyl (C=O) groups is 1. The smallest absolute Gasteiger partial charge is 0.262 e. The van der Waals surface area contributed by atoms with Gasteiger partial charge in [-0.25, -0.2) is 4.98 Å². The molecule has 1 aromatic heterocycles. The normalized spacial score (nSPS) is 14.3. The maximum absolute atomic E-state index is 13.7. The summed E-state index contributed by atoms with van der Waals surface area (Å²) in [5.74, 6) is 0.933. The number of likely N-dealkylation sites (tertiary alicyclic amines) is 1. The highest BCUT2D eigenvalue weighted by Crippen LogP contribution is 2.23. The highest BCUT2D eigenvalue weighted by molar-refractivity contribution is 5.83. The summed E-state index contributed by atoms with van der Waals surface area (Å²) < 4.78 is 7.48. The van der Waals surface area contributed by atoms with Crippen LogP contribution in [0.15, 0.2) is 47.3 Å². The first-order valence-electron chi connectivity index (χ1n) is 13.2. The molecule has 2 heterocycles. The molecule has 0 spiro atoms. The zero-order valence-electron chi connectivity index (χ0n) is 21.8. The third kappa shape index (κ3) is 6.52. The van der Waals surface area contributed by atoms with Crippen LogP contribution in [0.4, 0.5) is 0 Å². The van der Waals surface area contributed by atoms with Gasteiger partial charge >= 0.3 is 0 Å². The van der Waals surface area contributed by atoms with Crippen LogP contribution in [0.5, 0.6) is 5.75 Å². The average molecular weight is 491 g/mol. The number of hydrogen-bond donors (Lipinski definition) is 1. The van der Waals surface area contributed by atoms with E-state index in [-0.39, 0.29) is 24.1 Å². The van der Waals surface area contributed by atoms with Gasteiger partial charge in [-0.3, -0.25) is 14.2 Å². The Morgan fingerprint density at radius 1 is 1.11 bits per heavy atom. The van der Waals surface area contributed by atoms with Crippen LogP contribution in [0, 0.1) is 0 Å². The average Bonchev–Trinajstić information content (AvgIpc) is 2.88. The van der Waals surface area contributed by atoms with Crippen LogP contribution in [0.2, 0.25) is 0 Å². The summed E-state index contributed by atoms with van der Waals surface area (Å²) >= 11 is 0. The highest BCUT2D eigenvalue weighted by Gasteiger charge is 2.17. The van der Waals surface area contributed by atoms with Crippen molar-refractivity contribution in [1.82, 2.24) is 19.8 Å². The van der Waals surface area contributed by atoms with Crippen LogP contribution in [0.1, 0.15) is 52.0 Å². The van der Waals surface area contributed by atoms with E-state index in [9.17, 15) is 9.59 Å². The minimum Gasteiger partial charge on any atom is -0.494 e. The van der Waals surface area contributed by atoms with Crippen LogP contribution in [-0.2, 0) is 17.8 Å². The molecule has 0 bridgehead atoms. The van der Waals surface area contributed by atoms with E-state index < -0.39 is 0 Å². The lowest BCUT2D eigenvalue weighted by molar-refractivity contribution is -0.122. The molecule has 0 saturated carbocycles. The lowest BCUT2D eigenvalue weighted by atomic mass is 10.1. The predicted molar refractivity (Wildman–Crippen MR) is 144 cm³/mol. The highest BCUT2D eigenvalue weighted by atomic mass is 16.5. The molecule has 1 saturated heterocycles. The Kier molecular flexibility index (Phi) is 8.75. The summed E-state index contributed by atoms with van der Waals surface area (Å²) in [6.45, 7) is 9.79. The standard InChI is InChI=1S/C29H38N4O3/c1-4-22-10-8-11-23(18-22)28-31-26-13-12-24(36-17-9-16-32-14-6-5-7-15-32)19-25(26)29(35)33(28)20-27(34)30-21(2)3/h8,10-13,18-19,21H,4-7,9,14-17,20H2,1-3H3,(H,30,34). The molecule has 1 aliphatic heterocycles. The number of amides is 1. The van der Waals surface area contributed by atoms with Gasteiger partial charge in [0.05, 0.1) is 17.5 Å². The maximum atomic E-state index is 13.7. The van der Waals surface area contributed by atoms with Crippen molar-refractivity contribution in [3.05, 3.63) is 58.4 Å². The summed E-state index contributed by atoms with van der Waals surface area (Å²) in [5, 5.41) is 3.34. The molecule has 0 unspecified atom stereocenters. The van der Waals surface area contributed by atoms with E-state index in [0.29, 0.717) is 29.1 Å². The Bertz CT molecular complexity index is 1240. The second kappa shape index (κ2) is 12.2. The number of rotatable bonds is 10. The lowest BCUT2D eigenvalue weighted by Gasteiger charge is -2.26. The number of hydrogen-bond acceptors (Lipinski definition) is 5. The fourth-order valence-electron chi connectivity index (χ4n) is 4.76. The lowest BCUT2D eigenvalue weighted by Crippen LogP contribution is -2.37. The molecule has 0 radical (unpaired) electrons. The quantitative estimate of drug-likeness (QED) is 0.426. The summed E-state index contributed by atoms with van der Waals surface area (Å²) in [7, 11) is 0. The number of nitrogens with one attached hydrogen (secondary N) is 1. The zero-order valence-corrected chi connectivity index (χ0v) is 21.8. The first-order chi connectivity index (χ1) is 17.4. The third-order valence-electron chi connectivity index (χ3n) is 6.61. The predicted octanol–water partition coefficient (Wildman–Crippen LogP) is 4.41. The van der Waals surface area contributed by atoms with E-state index in [1.54, 1.807) is 6.07 Å². The number of nitrogens with zero attached hydrogens (tertiary/aromatic N) is 3. The molecule has 7 heteroatoms. The fourth-order valence-corrected chi connectivity index (χ4v) is 4.76. The number of piperidine rings is 1. The summed E-state index contributed by atoms with van der Waals surface area (Å²) in [6.07, 6.45) is 5.72. The van der Waals surface area contributed by atoms with Gasteiger partial charge in [-0.15, -0.1) is 0 Å². The van der Waals surface area contributed by atoms with Gasteiger partial charge < -0.3 is 15.0 Å². The number of aryl methyl sites for hydroxylation is 1. The van der Waals surface area contributed by atoms with Crippen LogP contribution < -0.4 is 15.6 Å². The van der Waals surface area contributed by atoms with Crippen molar-refractivity contribution < 1.29 is 9.53 Å². The van der Waals surface area contributed by atoms with E-state index in [1.165, 1.54) is 36.9 Å². The number of fused-ring (bicyclic) bond motifs is 1. The van der Waals surface area contributed by atoms with Crippen molar-refractivity contribution in [2.45, 2.75) is 65.5 Å². The first kappa shape index (κ1) is 25.9. The molecule has 4 rings (SSSR count). The van der Waals surface area contributed by atoms with Crippen molar-refractivity contribution in [1.29, 1.82) is 0 Å². The Labute approximate surface area is 213 Å². The topological polar surface area (TPSA) is 76.5 Å². The number of carbonyl (C=O) groups excluding carboxylic acids is 1. The molecule has 2 aromatic carbocycles. The Balaban J connectivity index is 1.61. The number of ether oxygens (including phenoxy) is 1. The largest absolute Gasteiger partial charge is 0.494 e. The molecule has 1 amide bonds. The van der Waals surface area contributed by atoms with Crippen molar-refractivity contribution in [2.24, 2.45) is 0 Å². The maximum Gasteiger partial charge on any atom is 0.262 e. The number of benzene rings is 2. The first-order valence-corrected chi connectivity index (χ1v) is 13.2. The van der Waals surface area contributed by atoms with Crippen LogP contribution in [0.25, 0.3) is 22.3 Å². The second-order valence-corrected chi connectivity index (χ2v) is 9.89. The van der Waals surface area contributed by atoms with Crippen molar-refractivity contribution in [3.63, 3.8) is 0 Å². The van der Waals surface area contributed by atoms with Gasteiger partial charge in [-0.2, -0.15) is 0 Å². The summed E-state index contributed by atoms with van der Waals surface area (Å²) in [6, 6.07) is 13.4. The molecular weight excluding hydrogens is 452 g/mol. The Hall–Kier alpha value is -3.19. The molecule has 0 aliphatic carbocycles. The van der Waals surface area contributed by atoms with E-state index in [4.69, 9.17) is 9.72 Å². The monoisotopic (exact) mass is 490 g/mol. The molecule has 1 aliphatic rings. The summed E-state index contributed by atoms with van der Waals surface area (Å²) in [5.41, 5.74) is 2.32. The minimum absolute atomic E-state index is 0.0153. The number of aromatic nitrogens is 2. The second-order valence-electron chi connectivity index (χ2n) is 9.89. The zero-order chi connectivity index (χ0) is 25.5. The molecular formula is C29H38N4O3. The van der Waals surface area contributed by atoms with E-state index in [2.05, 4.69) is 17.1 Å². The van der Waals surface area contributed by atoms with E-state index >= 15 is 0 Å². The van der Waals surface area contributed by atoms with Gasteiger partial charge in [-0.05, 0) is 82.4 Å². The van der Waals surface area contributed by atoms with Crippen LogP contribution in [0.3, 0.4) is 0 Å². The van der Waals surface area contributed by atoms with E-state index in [0.717, 1.165) is 30.5 Å². The molecule has 7 nitrogen and oxygen atoms in total. The van der Waals surface area contributed by atoms with Gasteiger partial charge in [-0.1, -0.05) is 31.5 Å². The Morgan fingerprint density at radius 3 is 2.67 bits per heavy atom. The Morgan fingerprint density at radius 2 is 1.92 bits per heavy atom. The third-order valence-corrected chi connectivity index (χ3v) is 6.61. The van der Waals surface area contributed by atoms with Crippen LogP contribution in [-0.4, -0.2) is 52.6 Å². The van der Waals surface area contributed by atoms with Gasteiger partial charge in [0.25, 0.3) is 5.56 Å². The van der Waals surface area contributed by atoms with Gasteiger partial charge in [0.1, 0.15) is 18.1 Å². The molecule has 1 fully saturated rings. The van der Waals surface area contributed by atoms with E-state index in [1.807, 2.05) is 50.2 Å². The molecule has 36 heavy (non-hydrogen) atoms. The van der Waals surface area contributed by atoms with Crippen LogP contribution >= 0.6 is 0 Å². The SMILES string of the molecule is CCc1cccc(-c2nc3ccc(OCCCN4CCCCC4)cc3c(=O)n2CC(=O)NC(C)C)c1. The fraction of sp³-hybridized carbons (Fsp3) is 0.483. The van der Waals surface area contributed by atoms with Crippen molar-refractivity contribution in [2.75, 3.05) is 26.2 Å². The molecule has 0 atom stereocenters. The molecule has 192 valence electrons. The summed E-state index contributed by atoms with van der Waals surface area (Å²) in [4.78, 5) is 33.7. The van der Waals surface area contributed by atoms with Crippen molar-refractivity contribution in [3.8, 4) is 17.1 Å². The van der Waals surface area contributed by atoms with Gasteiger partial charge in [0.15, 0.2) is 0 Å². The van der Waals surface area contributed by atoms with Gasteiger partial charge in [0.2, 0.25) is 5.91 Å². The van der Waals surface area contributed by atoms with Gasteiger partial charge in [0, 0.05) is 18.2 Å². The van der Waals surface area contributed by atoms with Crippen molar-refractivity contribution >= 4 is 16.8 Å². The molecule has 3 aromatic rings.